The number of thioether (sulfide) groups is 1. The lowest BCUT2D eigenvalue weighted by molar-refractivity contribution is -0.113. The highest BCUT2D eigenvalue weighted by molar-refractivity contribution is 8.00. The predicted molar refractivity (Wildman–Crippen MR) is 109 cm³/mol. The Morgan fingerprint density at radius 2 is 1.83 bits per heavy atom. The predicted octanol–water partition coefficient (Wildman–Crippen LogP) is 3.73. The van der Waals surface area contributed by atoms with E-state index in [0.29, 0.717) is 13.1 Å². The summed E-state index contributed by atoms with van der Waals surface area (Å²) >= 11 is 0.897. The maximum Gasteiger partial charge on any atom is 0.243 e. The number of halogens is 2. The minimum absolute atomic E-state index is 0.0227. The van der Waals surface area contributed by atoms with Crippen molar-refractivity contribution in [2.45, 2.75) is 23.6 Å². The first-order valence-electron chi connectivity index (χ1n) is 8.78. The number of methoxy groups -OCH3 is 1. The largest absolute Gasteiger partial charge is 0.495 e. The second-order valence-electron chi connectivity index (χ2n) is 5.86. The lowest BCUT2D eigenvalue weighted by atomic mass is 10.3. The number of anilines is 1. The van der Waals surface area contributed by atoms with Crippen LogP contribution in [0.3, 0.4) is 0 Å². The number of benzene rings is 2. The molecule has 2 aromatic rings. The van der Waals surface area contributed by atoms with Crippen LogP contribution in [0.2, 0.25) is 0 Å². The molecule has 0 spiro atoms. The summed E-state index contributed by atoms with van der Waals surface area (Å²) in [5.74, 6) is -1.82. The Hall–Kier alpha value is -2.17. The summed E-state index contributed by atoms with van der Waals surface area (Å²) in [6, 6.07) is 7.29. The third-order valence-electron chi connectivity index (χ3n) is 4.04. The molecular weight excluding hydrogens is 422 g/mol. The quantitative estimate of drug-likeness (QED) is 0.597. The SMILES string of the molecule is CCN(CC)S(=O)(=O)c1ccc(OC)c(NC(=O)CSc2ccc(F)cc2F)c1. The summed E-state index contributed by atoms with van der Waals surface area (Å²) in [5, 5.41) is 2.59. The van der Waals surface area contributed by atoms with Crippen LogP contribution in [-0.4, -0.2) is 44.6 Å². The highest BCUT2D eigenvalue weighted by Gasteiger charge is 2.23. The highest BCUT2D eigenvalue weighted by Crippen LogP contribution is 2.29. The number of hydrogen-bond donors (Lipinski definition) is 1. The normalized spacial score (nSPS) is 11.5. The number of nitrogens with one attached hydrogen (secondary N) is 1. The van der Waals surface area contributed by atoms with Crippen LogP contribution in [-0.2, 0) is 14.8 Å². The maximum atomic E-state index is 13.7. The van der Waals surface area contributed by atoms with Crippen LogP contribution >= 0.6 is 11.8 Å². The topological polar surface area (TPSA) is 75.7 Å². The van der Waals surface area contributed by atoms with Gasteiger partial charge < -0.3 is 10.1 Å². The number of amides is 1. The average molecular weight is 445 g/mol. The fourth-order valence-corrected chi connectivity index (χ4v) is 4.78. The number of carbonyl (C=O) groups is 1. The van der Waals surface area contributed by atoms with Gasteiger partial charge in [0, 0.05) is 24.1 Å². The third-order valence-corrected chi connectivity index (χ3v) is 7.14. The van der Waals surface area contributed by atoms with E-state index < -0.39 is 27.6 Å². The van der Waals surface area contributed by atoms with Gasteiger partial charge in [-0.3, -0.25) is 4.79 Å². The molecule has 10 heteroatoms. The van der Waals surface area contributed by atoms with Gasteiger partial charge >= 0.3 is 0 Å². The van der Waals surface area contributed by atoms with Crippen LogP contribution in [0.4, 0.5) is 14.5 Å². The van der Waals surface area contributed by atoms with Gasteiger partial charge in [-0.05, 0) is 30.3 Å². The summed E-state index contributed by atoms with van der Waals surface area (Å²) in [6.45, 7) is 4.09. The Morgan fingerprint density at radius 1 is 1.14 bits per heavy atom. The van der Waals surface area contributed by atoms with Gasteiger partial charge in [0.1, 0.15) is 17.4 Å². The number of sulfonamides is 1. The smallest absolute Gasteiger partial charge is 0.243 e. The van der Waals surface area contributed by atoms with E-state index >= 15 is 0 Å². The van der Waals surface area contributed by atoms with Gasteiger partial charge in [-0.25, -0.2) is 17.2 Å². The number of hydrogen-bond acceptors (Lipinski definition) is 5. The average Bonchev–Trinajstić information content (AvgIpc) is 2.68. The summed E-state index contributed by atoms with van der Waals surface area (Å²) in [4.78, 5) is 12.4. The van der Waals surface area contributed by atoms with Crippen molar-refractivity contribution in [1.82, 2.24) is 4.31 Å². The number of nitrogens with zero attached hydrogens (tertiary/aromatic N) is 1. The molecule has 0 aromatic heterocycles. The third kappa shape index (κ3) is 5.68. The van der Waals surface area contributed by atoms with Crippen molar-refractivity contribution in [2.24, 2.45) is 0 Å². The van der Waals surface area contributed by atoms with E-state index in [-0.39, 0.29) is 27.0 Å². The molecule has 0 fully saturated rings. The minimum Gasteiger partial charge on any atom is -0.495 e. The Bertz CT molecular complexity index is 980. The molecule has 0 aliphatic carbocycles. The Labute approximate surface area is 173 Å². The molecule has 0 aliphatic heterocycles. The van der Waals surface area contributed by atoms with Gasteiger partial charge in [0.25, 0.3) is 0 Å². The summed E-state index contributed by atoms with van der Waals surface area (Å²) in [7, 11) is -2.32. The van der Waals surface area contributed by atoms with E-state index in [1.54, 1.807) is 13.8 Å². The molecule has 0 saturated carbocycles. The monoisotopic (exact) mass is 444 g/mol. The van der Waals surface area contributed by atoms with Crippen LogP contribution in [0.25, 0.3) is 0 Å². The minimum atomic E-state index is -3.71. The van der Waals surface area contributed by atoms with Crippen molar-refractivity contribution in [1.29, 1.82) is 0 Å². The van der Waals surface area contributed by atoms with Crippen LogP contribution in [0.5, 0.6) is 5.75 Å². The molecule has 6 nitrogen and oxygen atoms in total. The fraction of sp³-hybridized carbons (Fsp3) is 0.316. The van der Waals surface area contributed by atoms with Crippen LogP contribution in [0.1, 0.15) is 13.8 Å². The molecule has 29 heavy (non-hydrogen) atoms. The molecule has 0 radical (unpaired) electrons. The highest BCUT2D eigenvalue weighted by atomic mass is 32.2. The van der Waals surface area contributed by atoms with Crippen molar-refractivity contribution in [3.8, 4) is 5.75 Å². The van der Waals surface area contributed by atoms with Gasteiger partial charge in [-0.2, -0.15) is 4.31 Å². The lowest BCUT2D eigenvalue weighted by Crippen LogP contribution is -2.30. The number of ether oxygens (including phenoxy) is 1. The van der Waals surface area contributed by atoms with Crippen molar-refractivity contribution in [2.75, 3.05) is 31.3 Å². The van der Waals surface area contributed by atoms with Crippen molar-refractivity contribution >= 4 is 33.4 Å². The second-order valence-corrected chi connectivity index (χ2v) is 8.82. The number of rotatable bonds is 9. The van der Waals surface area contributed by atoms with E-state index in [2.05, 4.69) is 5.32 Å². The molecule has 1 amide bonds. The Kier molecular flexibility index (Phi) is 8.00. The first kappa shape index (κ1) is 23.1. The van der Waals surface area contributed by atoms with E-state index in [4.69, 9.17) is 4.74 Å². The molecule has 2 rings (SSSR count). The molecule has 0 aliphatic rings. The van der Waals surface area contributed by atoms with E-state index in [1.807, 2.05) is 0 Å². The lowest BCUT2D eigenvalue weighted by Gasteiger charge is -2.19. The molecule has 2 aromatic carbocycles. The van der Waals surface area contributed by atoms with Crippen molar-refractivity contribution in [3.05, 3.63) is 48.0 Å². The molecule has 0 bridgehead atoms. The maximum absolute atomic E-state index is 13.7. The zero-order chi connectivity index (χ0) is 21.6. The molecular formula is C19H22F2N2O4S2. The Morgan fingerprint density at radius 3 is 2.41 bits per heavy atom. The van der Waals surface area contributed by atoms with Crippen LogP contribution in [0.15, 0.2) is 46.2 Å². The first-order chi connectivity index (χ1) is 13.7. The van der Waals surface area contributed by atoms with Gasteiger partial charge in [0.15, 0.2) is 0 Å². The van der Waals surface area contributed by atoms with Crippen molar-refractivity contribution in [3.63, 3.8) is 0 Å². The first-order valence-corrected chi connectivity index (χ1v) is 11.2. The summed E-state index contributed by atoms with van der Waals surface area (Å²) in [6.07, 6.45) is 0. The van der Waals surface area contributed by atoms with Crippen LogP contribution < -0.4 is 10.1 Å². The van der Waals surface area contributed by atoms with E-state index in [9.17, 15) is 22.0 Å². The Balaban J connectivity index is 2.19. The van der Waals surface area contributed by atoms with Gasteiger partial charge in [0.05, 0.1) is 23.4 Å². The van der Waals surface area contributed by atoms with Crippen LogP contribution in [0, 0.1) is 11.6 Å². The molecule has 0 saturated heterocycles. The molecule has 0 atom stereocenters. The molecule has 158 valence electrons. The van der Waals surface area contributed by atoms with Crippen molar-refractivity contribution < 1.29 is 26.7 Å². The van der Waals surface area contributed by atoms with Gasteiger partial charge in [0.2, 0.25) is 15.9 Å². The van der Waals surface area contributed by atoms with E-state index in [0.717, 1.165) is 23.9 Å². The second kappa shape index (κ2) is 10.0. The molecule has 0 unspecified atom stereocenters. The molecule has 0 heterocycles. The van der Waals surface area contributed by atoms with Gasteiger partial charge in [-0.15, -0.1) is 11.8 Å². The number of carbonyl (C=O) groups excluding carboxylic acids is 1. The van der Waals surface area contributed by atoms with E-state index in [1.165, 1.54) is 35.7 Å². The standard InChI is InChI=1S/C19H22F2N2O4S2/c1-4-23(5-2)29(25,26)14-7-8-17(27-3)16(11-14)22-19(24)12-28-18-9-6-13(20)10-15(18)21/h6-11H,4-5,12H2,1-3H3,(H,22,24). The summed E-state index contributed by atoms with van der Waals surface area (Å²) < 4.78 is 58.6. The zero-order valence-corrected chi connectivity index (χ0v) is 17.9. The molecule has 1 N–H and O–H groups in total. The fourth-order valence-electron chi connectivity index (χ4n) is 2.58. The van der Waals surface area contributed by atoms with Gasteiger partial charge in [-0.1, -0.05) is 13.8 Å². The zero-order valence-electron chi connectivity index (χ0n) is 16.2. The summed E-state index contributed by atoms with van der Waals surface area (Å²) in [5.41, 5.74) is 0.186.